The number of halogens is 1. The SMILES string of the molecule is CCNc1ncnc(Nc2ccccc2F)c1N. The Hall–Kier alpha value is -2.37. The van der Waals surface area contributed by atoms with E-state index in [2.05, 4.69) is 20.6 Å². The predicted octanol–water partition coefficient (Wildman–Crippen LogP) is 2.37. The second kappa shape index (κ2) is 5.31. The van der Waals surface area contributed by atoms with Crippen molar-refractivity contribution in [2.75, 3.05) is 22.9 Å². The average Bonchev–Trinajstić information content (AvgIpc) is 2.37. The smallest absolute Gasteiger partial charge is 0.159 e. The molecule has 0 aliphatic heterocycles. The van der Waals surface area contributed by atoms with E-state index in [0.29, 0.717) is 29.6 Å². The van der Waals surface area contributed by atoms with Crippen LogP contribution >= 0.6 is 0 Å². The highest BCUT2D eigenvalue weighted by Gasteiger charge is 2.09. The lowest BCUT2D eigenvalue weighted by molar-refractivity contribution is 0.632. The molecule has 1 aromatic carbocycles. The monoisotopic (exact) mass is 247 g/mol. The number of benzene rings is 1. The minimum absolute atomic E-state index is 0.324. The number of rotatable bonds is 4. The van der Waals surface area contributed by atoms with Gasteiger partial charge >= 0.3 is 0 Å². The minimum atomic E-state index is -0.361. The number of nitrogen functional groups attached to an aromatic ring is 1. The van der Waals surface area contributed by atoms with Gasteiger partial charge < -0.3 is 16.4 Å². The first kappa shape index (κ1) is 12.1. The van der Waals surface area contributed by atoms with Gasteiger partial charge in [0.1, 0.15) is 17.8 Å². The Morgan fingerprint density at radius 1 is 1.22 bits per heavy atom. The summed E-state index contributed by atoms with van der Waals surface area (Å²) in [5.74, 6) is 0.554. The number of nitrogens with one attached hydrogen (secondary N) is 2. The van der Waals surface area contributed by atoms with Gasteiger partial charge in [-0.25, -0.2) is 14.4 Å². The van der Waals surface area contributed by atoms with Crippen molar-refractivity contribution in [3.63, 3.8) is 0 Å². The fourth-order valence-electron chi connectivity index (χ4n) is 1.49. The molecule has 2 aromatic rings. The first-order valence-corrected chi connectivity index (χ1v) is 5.58. The number of nitrogens with two attached hydrogens (primary N) is 1. The van der Waals surface area contributed by atoms with Gasteiger partial charge in [-0.1, -0.05) is 12.1 Å². The van der Waals surface area contributed by atoms with Crippen molar-refractivity contribution in [1.82, 2.24) is 9.97 Å². The number of para-hydroxylation sites is 1. The average molecular weight is 247 g/mol. The molecule has 0 aliphatic carbocycles. The molecule has 6 heteroatoms. The van der Waals surface area contributed by atoms with Crippen molar-refractivity contribution < 1.29 is 4.39 Å². The maximum absolute atomic E-state index is 13.5. The quantitative estimate of drug-likeness (QED) is 0.773. The number of aromatic nitrogens is 2. The molecule has 0 aliphatic rings. The molecule has 2 rings (SSSR count). The molecule has 0 amide bonds. The summed E-state index contributed by atoms with van der Waals surface area (Å²) in [5, 5.41) is 5.85. The van der Waals surface area contributed by atoms with Gasteiger partial charge in [0.15, 0.2) is 11.6 Å². The zero-order valence-corrected chi connectivity index (χ0v) is 9.94. The molecule has 0 saturated heterocycles. The molecule has 4 N–H and O–H groups in total. The van der Waals surface area contributed by atoms with Gasteiger partial charge in [0.2, 0.25) is 0 Å². The first-order chi connectivity index (χ1) is 8.72. The predicted molar refractivity (Wildman–Crippen MR) is 70.3 cm³/mol. The Balaban J connectivity index is 2.30. The van der Waals surface area contributed by atoms with E-state index in [1.54, 1.807) is 18.2 Å². The van der Waals surface area contributed by atoms with Crippen LogP contribution in [-0.2, 0) is 0 Å². The molecule has 0 spiro atoms. The van der Waals surface area contributed by atoms with E-state index >= 15 is 0 Å². The Labute approximate surface area is 104 Å². The molecule has 0 radical (unpaired) electrons. The zero-order chi connectivity index (χ0) is 13.0. The summed E-state index contributed by atoms with van der Waals surface area (Å²) in [6, 6.07) is 6.33. The molecule has 94 valence electrons. The van der Waals surface area contributed by atoms with Crippen LogP contribution in [0.3, 0.4) is 0 Å². The van der Waals surface area contributed by atoms with Gasteiger partial charge in [-0.2, -0.15) is 0 Å². The van der Waals surface area contributed by atoms with Gasteiger partial charge in [0.05, 0.1) is 5.69 Å². The Morgan fingerprint density at radius 3 is 2.67 bits per heavy atom. The van der Waals surface area contributed by atoms with E-state index in [0.717, 1.165) is 0 Å². The van der Waals surface area contributed by atoms with Crippen LogP contribution in [-0.4, -0.2) is 16.5 Å². The first-order valence-electron chi connectivity index (χ1n) is 5.58. The van der Waals surface area contributed by atoms with Crippen molar-refractivity contribution in [2.24, 2.45) is 0 Å². The highest BCUT2D eigenvalue weighted by Crippen LogP contribution is 2.26. The lowest BCUT2D eigenvalue weighted by Gasteiger charge is -2.11. The Bertz CT molecular complexity index is 544. The van der Waals surface area contributed by atoms with E-state index in [1.165, 1.54) is 12.4 Å². The fourth-order valence-corrected chi connectivity index (χ4v) is 1.49. The summed E-state index contributed by atoms with van der Waals surface area (Å²) in [6.45, 7) is 2.63. The molecule has 18 heavy (non-hydrogen) atoms. The second-order valence-electron chi connectivity index (χ2n) is 3.62. The minimum Gasteiger partial charge on any atom is -0.393 e. The van der Waals surface area contributed by atoms with Crippen LogP contribution in [0.2, 0.25) is 0 Å². The third-order valence-corrected chi connectivity index (χ3v) is 2.36. The summed E-state index contributed by atoms with van der Waals surface area (Å²) in [4.78, 5) is 8.02. The van der Waals surface area contributed by atoms with E-state index in [-0.39, 0.29) is 5.82 Å². The standard InChI is InChI=1S/C12H14FN5/c1-2-15-11-10(14)12(17-7-16-11)18-9-6-4-3-5-8(9)13/h3-7H,2,14H2,1H3,(H2,15,16,17,18). The van der Waals surface area contributed by atoms with Crippen LogP contribution in [0.25, 0.3) is 0 Å². The van der Waals surface area contributed by atoms with Crippen molar-refractivity contribution >= 4 is 23.0 Å². The van der Waals surface area contributed by atoms with Crippen LogP contribution in [0.15, 0.2) is 30.6 Å². The number of hydrogen-bond acceptors (Lipinski definition) is 5. The van der Waals surface area contributed by atoms with Crippen LogP contribution in [0, 0.1) is 5.82 Å². The summed E-state index contributed by atoms with van der Waals surface area (Å²) in [6.07, 6.45) is 1.37. The molecule has 5 nitrogen and oxygen atoms in total. The third kappa shape index (κ3) is 2.48. The van der Waals surface area contributed by atoms with Gasteiger partial charge in [0.25, 0.3) is 0 Å². The summed E-state index contributed by atoms with van der Waals surface area (Å²) < 4.78 is 13.5. The fraction of sp³-hybridized carbons (Fsp3) is 0.167. The normalized spacial score (nSPS) is 10.1. The Kier molecular flexibility index (Phi) is 3.57. The van der Waals surface area contributed by atoms with Gasteiger partial charge in [-0.15, -0.1) is 0 Å². The second-order valence-corrected chi connectivity index (χ2v) is 3.62. The summed E-state index contributed by atoms with van der Waals surface area (Å²) >= 11 is 0. The topological polar surface area (TPSA) is 75.9 Å². The molecule has 0 fully saturated rings. The summed E-state index contributed by atoms with van der Waals surface area (Å²) in [7, 11) is 0. The highest BCUT2D eigenvalue weighted by molar-refractivity contribution is 5.77. The molecule has 1 aromatic heterocycles. The van der Waals surface area contributed by atoms with Crippen LogP contribution in [0.5, 0.6) is 0 Å². The zero-order valence-electron chi connectivity index (χ0n) is 9.94. The van der Waals surface area contributed by atoms with Crippen molar-refractivity contribution in [3.8, 4) is 0 Å². The molecular weight excluding hydrogens is 233 g/mol. The van der Waals surface area contributed by atoms with Gasteiger partial charge in [0, 0.05) is 6.54 Å². The van der Waals surface area contributed by atoms with E-state index < -0.39 is 0 Å². The van der Waals surface area contributed by atoms with Gasteiger partial charge in [-0.05, 0) is 19.1 Å². The lowest BCUT2D eigenvalue weighted by atomic mass is 10.3. The number of hydrogen-bond donors (Lipinski definition) is 3. The molecule has 0 atom stereocenters. The van der Waals surface area contributed by atoms with Crippen molar-refractivity contribution in [1.29, 1.82) is 0 Å². The Morgan fingerprint density at radius 2 is 1.94 bits per heavy atom. The maximum atomic E-state index is 13.5. The largest absolute Gasteiger partial charge is 0.393 e. The molecule has 0 unspecified atom stereocenters. The van der Waals surface area contributed by atoms with Gasteiger partial charge in [-0.3, -0.25) is 0 Å². The van der Waals surface area contributed by atoms with Crippen LogP contribution in [0.4, 0.5) is 27.4 Å². The number of nitrogens with zero attached hydrogens (tertiary/aromatic N) is 2. The van der Waals surface area contributed by atoms with E-state index in [4.69, 9.17) is 5.73 Å². The van der Waals surface area contributed by atoms with Crippen molar-refractivity contribution in [2.45, 2.75) is 6.92 Å². The van der Waals surface area contributed by atoms with Crippen LogP contribution < -0.4 is 16.4 Å². The summed E-state index contributed by atoms with van der Waals surface area (Å²) in [5.41, 5.74) is 6.58. The molecule has 0 saturated carbocycles. The highest BCUT2D eigenvalue weighted by atomic mass is 19.1. The van der Waals surface area contributed by atoms with Crippen LogP contribution in [0.1, 0.15) is 6.92 Å². The molecule has 0 bridgehead atoms. The lowest BCUT2D eigenvalue weighted by Crippen LogP contribution is -2.07. The van der Waals surface area contributed by atoms with E-state index in [9.17, 15) is 4.39 Å². The molecular formula is C12H14FN5. The molecule has 1 heterocycles. The maximum Gasteiger partial charge on any atom is 0.159 e. The number of anilines is 4. The van der Waals surface area contributed by atoms with Crippen molar-refractivity contribution in [3.05, 3.63) is 36.4 Å². The third-order valence-electron chi connectivity index (χ3n) is 2.36. The van der Waals surface area contributed by atoms with E-state index in [1.807, 2.05) is 6.92 Å².